The van der Waals surface area contributed by atoms with E-state index in [0.717, 1.165) is 18.4 Å². The fourth-order valence-electron chi connectivity index (χ4n) is 2.94. The third-order valence-electron chi connectivity index (χ3n) is 4.01. The van der Waals surface area contributed by atoms with E-state index in [-0.39, 0.29) is 5.75 Å². The second-order valence-electron chi connectivity index (χ2n) is 5.47. The Balaban J connectivity index is 2.08. The molecule has 0 saturated heterocycles. The number of hydrogen-bond acceptors (Lipinski definition) is 3. The maximum Gasteiger partial charge on any atom is 0.310 e. The van der Waals surface area contributed by atoms with Gasteiger partial charge in [-0.05, 0) is 23.5 Å². The summed E-state index contributed by atoms with van der Waals surface area (Å²) >= 11 is -2.11. The maximum atomic E-state index is 11.5. The van der Waals surface area contributed by atoms with Crippen LogP contribution in [-0.4, -0.2) is 19.8 Å². The molecule has 1 saturated carbocycles. The molecule has 0 bridgehead atoms. The van der Waals surface area contributed by atoms with Crippen LogP contribution in [0, 0.1) is 5.92 Å². The van der Waals surface area contributed by atoms with Crippen molar-refractivity contribution in [1.82, 2.24) is 0 Å². The SMILES string of the molecule is O=C(O)[C@H](CC1CCCC1)c1ccc(CS(=O)[O-])cc1. The van der Waals surface area contributed by atoms with E-state index in [2.05, 4.69) is 0 Å². The molecule has 1 aromatic carbocycles. The van der Waals surface area contributed by atoms with Crippen LogP contribution in [0.15, 0.2) is 24.3 Å². The lowest BCUT2D eigenvalue weighted by Crippen LogP contribution is -2.15. The van der Waals surface area contributed by atoms with E-state index in [1.54, 1.807) is 24.3 Å². The third kappa shape index (κ3) is 4.15. The summed E-state index contributed by atoms with van der Waals surface area (Å²) in [7, 11) is 0. The molecule has 2 atom stereocenters. The Hall–Kier alpha value is -1.20. The minimum Gasteiger partial charge on any atom is -0.772 e. The van der Waals surface area contributed by atoms with E-state index in [4.69, 9.17) is 0 Å². The lowest BCUT2D eigenvalue weighted by molar-refractivity contribution is -0.139. The molecule has 1 aromatic rings. The van der Waals surface area contributed by atoms with E-state index in [9.17, 15) is 18.7 Å². The molecule has 4 nitrogen and oxygen atoms in total. The van der Waals surface area contributed by atoms with Gasteiger partial charge < -0.3 is 9.66 Å². The Morgan fingerprint density at radius 2 is 1.90 bits per heavy atom. The van der Waals surface area contributed by atoms with E-state index in [1.807, 2.05) is 0 Å². The van der Waals surface area contributed by atoms with Gasteiger partial charge in [0.2, 0.25) is 0 Å². The van der Waals surface area contributed by atoms with Gasteiger partial charge >= 0.3 is 5.97 Å². The molecule has 0 amide bonds. The maximum absolute atomic E-state index is 11.5. The standard InChI is InChI=1S/C15H20O4S/c16-15(17)14(9-11-3-1-2-4-11)13-7-5-12(6-8-13)10-20(18)19/h5-8,11,14H,1-4,9-10H2,(H,16,17)(H,18,19)/p-1/t14-/m1/s1. The van der Waals surface area contributed by atoms with Crippen LogP contribution >= 0.6 is 0 Å². The number of hydrogen-bond donors (Lipinski definition) is 1. The van der Waals surface area contributed by atoms with Gasteiger partial charge in [0.25, 0.3) is 0 Å². The zero-order valence-electron chi connectivity index (χ0n) is 11.3. The van der Waals surface area contributed by atoms with E-state index < -0.39 is 23.0 Å². The molecule has 0 spiro atoms. The molecule has 110 valence electrons. The molecule has 0 aromatic heterocycles. The van der Waals surface area contributed by atoms with Crippen LogP contribution < -0.4 is 0 Å². The molecule has 1 N–H and O–H groups in total. The second-order valence-corrected chi connectivity index (χ2v) is 6.36. The zero-order valence-corrected chi connectivity index (χ0v) is 12.1. The average molecular weight is 295 g/mol. The van der Waals surface area contributed by atoms with Crippen molar-refractivity contribution in [2.75, 3.05) is 0 Å². The van der Waals surface area contributed by atoms with Gasteiger partial charge in [-0.15, -0.1) is 0 Å². The number of aliphatic carboxylic acids is 1. The molecule has 0 heterocycles. The fourth-order valence-corrected chi connectivity index (χ4v) is 3.41. The molecule has 5 heteroatoms. The van der Waals surface area contributed by atoms with Crippen molar-refractivity contribution < 1.29 is 18.7 Å². The molecule has 20 heavy (non-hydrogen) atoms. The number of rotatable bonds is 6. The average Bonchev–Trinajstić information content (AvgIpc) is 2.89. The fraction of sp³-hybridized carbons (Fsp3) is 0.533. The van der Waals surface area contributed by atoms with Crippen molar-refractivity contribution >= 4 is 17.0 Å². The molecular formula is C15H19O4S-. The topological polar surface area (TPSA) is 77.4 Å². The molecule has 1 fully saturated rings. The first-order valence-corrected chi connectivity index (χ1v) is 8.18. The van der Waals surface area contributed by atoms with Crippen LogP contribution in [0.1, 0.15) is 49.1 Å². The van der Waals surface area contributed by atoms with Crippen LogP contribution in [0.25, 0.3) is 0 Å². The summed E-state index contributed by atoms with van der Waals surface area (Å²) in [6, 6.07) is 6.90. The lowest BCUT2D eigenvalue weighted by atomic mass is 9.88. The van der Waals surface area contributed by atoms with Gasteiger partial charge in [-0.3, -0.25) is 9.00 Å². The minimum absolute atomic E-state index is 0.0271. The van der Waals surface area contributed by atoms with Gasteiger partial charge in [-0.1, -0.05) is 61.0 Å². The molecule has 1 aliphatic carbocycles. The summed E-state index contributed by atoms with van der Waals surface area (Å²) in [6.07, 6.45) is 5.33. The highest BCUT2D eigenvalue weighted by Crippen LogP contribution is 2.34. The lowest BCUT2D eigenvalue weighted by Gasteiger charge is -2.17. The van der Waals surface area contributed by atoms with Crippen LogP contribution in [0.5, 0.6) is 0 Å². The number of carboxylic acid groups (broad SMARTS) is 1. The quantitative estimate of drug-likeness (QED) is 0.819. The normalized spacial score (nSPS) is 18.9. The summed E-state index contributed by atoms with van der Waals surface area (Å²) in [5.74, 6) is -0.799. The van der Waals surface area contributed by atoms with Gasteiger partial charge in [-0.2, -0.15) is 0 Å². The summed E-state index contributed by atoms with van der Waals surface area (Å²) in [4.78, 5) is 11.5. The smallest absolute Gasteiger partial charge is 0.310 e. The summed E-state index contributed by atoms with van der Waals surface area (Å²) in [5, 5.41) is 9.40. The predicted molar refractivity (Wildman–Crippen MR) is 76.0 cm³/mol. The van der Waals surface area contributed by atoms with Gasteiger partial charge in [0.15, 0.2) is 0 Å². The Bertz CT molecular complexity index is 477. The largest absolute Gasteiger partial charge is 0.772 e. The summed E-state index contributed by atoms with van der Waals surface area (Å²) < 4.78 is 21.3. The van der Waals surface area contributed by atoms with E-state index >= 15 is 0 Å². The van der Waals surface area contributed by atoms with Crippen LogP contribution in [0.2, 0.25) is 0 Å². The monoisotopic (exact) mass is 295 g/mol. The molecule has 2 rings (SSSR count). The van der Waals surface area contributed by atoms with Crippen molar-refractivity contribution in [3.05, 3.63) is 35.4 Å². The molecule has 1 aliphatic rings. The van der Waals surface area contributed by atoms with Crippen LogP contribution in [0.4, 0.5) is 0 Å². The number of benzene rings is 1. The Labute approximate surface area is 121 Å². The molecule has 0 aliphatic heterocycles. The van der Waals surface area contributed by atoms with Crippen LogP contribution in [0.3, 0.4) is 0 Å². The Morgan fingerprint density at radius 1 is 1.30 bits per heavy atom. The third-order valence-corrected chi connectivity index (χ3v) is 4.58. The van der Waals surface area contributed by atoms with Gasteiger partial charge in [-0.25, -0.2) is 0 Å². The highest BCUT2D eigenvalue weighted by molar-refractivity contribution is 7.78. The summed E-state index contributed by atoms with van der Waals surface area (Å²) in [6.45, 7) is 0. The van der Waals surface area contributed by atoms with E-state index in [0.29, 0.717) is 17.9 Å². The van der Waals surface area contributed by atoms with Crippen molar-refractivity contribution in [2.24, 2.45) is 5.92 Å². The second kappa shape index (κ2) is 6.99. The van der Waals surface area contributed by atoms with Crippen molar-refractivity contribution in [2.45, 2.75) is 43.8 Å². The van der Waals surface area contributed by atoms with Gasteiger partial charge in [0.1, 0.15) is 0 Å². The number of carboxylic acids is 1. The highest BCUT2D eigenvalue weighted by atomic mass is 32.2. The molecule has 1 unspecified atom stereocenters. The van der Waals surface area contributed by atoms with Gasteiger partial charge in [0.05, 0.1) is 5.92 Å². The molecular weight excluding hydrogens is 276 g/mol. The van der Waals surface area contributed by atoms with Crippen molar-refractivity contribution in [1.29, 1.82) is 0 Å². The zero-order chi connectivity index (χ0) is 14.5. The summed E-state index contributed by atoms with van der Waals surface area (Å²) in [5.41, 5.74) is 1.46. The first kappa shape index (κ1) is 15.2. The molecule has 0 radical (unpaired) electrons. The van der Waals surface area contributed by atoms with Crippen LogP contribution in [-0.2, 0) is 21.6 Å². The Kier molecular flexibility index (Phi) is 5.31. The number of carbonyl (C=O) groups is 1. The minimum atomic E-state index is -2.11. The predicted octanol–water partition coefficient (Wildman–Crippen LogP) is 2.81. The van der Waals surface area contributed by atoms with Gasteiger partial charge in [0, 0.05) is 5.75 Å². The van der Waals surface area contributed by atoms with Crippen molar-refractivity contribution in [3.8, 4) is 0 Å². The van der Waals surface area contributed by atoms with Crippen molar-refractivity contribution in [3.63, 3.8) is 0 Å². The van der Waals surface area contributed by atoms with E-state index in [1.165, 1.54) is 12.8 Å². The first-order valence-electron chi connectivity index (χ1n) is 6.94. The first-order chi connectivity index (χ1) is 9.56. The Morgan fingerprint density at radius 3 is 2.40 bits per heavy atom. The highest BCUT2D eigenvalue weighted by Gasteiger charge is 2.26.